The molecule has 0 aliphatic heterocycles. The average Bonchev–Trinajstić information content (AvgIpc) is 2.19. The van der Waals surface area contributed by atoms with Crippen LogP contribution in [-0.2, 0) is 0 Å². The summed E-state index contributed by atoms with van der Waals surface area (Å²) in [5, 5.41) is 12.3. The number of aliphatic hydroxyl groups excluding tert-OH is 1. The Labute approximate surface area is 98.0 Å². The highest BCUT2D eigenvalue weighted by Crippen LogP contribution is 2.15. The summed E-state index contributed by atoms with van der Waals surface area (Å²) >= 11 is 3.38. The molecule has 2 unspecified atom stereocenters. The molecule has 84 valence electrons. The molecule has 0 saturated heterocycles. The summed E-state index contributed by atoms with van der Waals surface area (Å²) in [6, 6.07) is 3.51. The molecular formula is C10H16BrN3O. The highest BCUT2D eigenvalue weighted by atomic mass is 79.9. The molecule has 0 amide bonds. The Hall–Kier alpha value is -0.650. The number of nitrogens with zero attached hydrogens (tertiary/aromatic N) is 1. The highest BCUT2D eigenvalue weighted by Gasteiger charge is 2.08. The standard InChI is InChI=1S/C10H16BrN3O/c1-6-8(11)3-4-10(14-6)13-5-9(12)7(2)15/h3-4,7,9,15H,5,12H2,1-2H3,(H,13,14). The van der Waals surface area contributed by atoms with Crippen LogP contribution in [0.15, 0.2) is 16.6 Å². The maximum absolute atomic E-state index is 9.20. The normalized spacial score (nSPS) is 14.7. The summed E-state index contributed by atoms with van der Waals surface area (Å²) in [5.74, 6) is 0.770. The SMILES string of the molecule is Cc1nc(NCC(N)C(C)O)ccc1Br. The van der Waals surface area contributed by atoms with Crippen LogP contribution in [0.3, 0.4) is 0 Å². The topological polar surface area (TPSA) is 71.2 Å². The van der Waals surface area contributed by atoms with Crippen LogP contribution in [0, 0.1) is 6.92 Å². The zero-order valence-corrected chi connectivity index (χ0v) is 10.5. The van der Waals surface area contributed by atoms with Crippen molar-refractivity contribution in [3.63, 3.8) is 0 Å². The fourth-order valence-electron chi connectivity index (χ4n) is 1.04. The summed E-state index contributed by atoms with van der Waals surface area (Å²) in [6.07, 6.45) is -0.519. The number of aryl methyl sites for hydroxylation is 1. The van der Waals surface area contributed by atoms with Gasteiger partial charge in [-0.15, -0.1) is 0 Å². The maximum atomic E-state index is 9.20. The van der Waals surface area contributed by atoms with Crippen molar-refractivity contribution >= 4 is 21.7 Å². The maximum Gasteiger partial charge on any atom is 0.126 e. The van der Waals surface area contributed by atoms with Gasteiger partial charge in [-0.3, -0.25) is 0 Å². The molecular weight excluding hydrogens is 258 g/mol. The summed E-state index contributed by atoms with van der Waals surface area (Å²) in [4.78, 5) is 4.31. The highest BCUT2D eigenvalue weighted by molar-refractivity contribution is 9.10. The monoisotopic (exact) mass is 273 g/mol. The van der Waals surface area contributed by atoms with E-state index in [1.165, 1.54) is 0 Å². The van der Waals surface area contributed by atoms with E-state index in [0.29, 0.717) is 6.54 Å². The van der Waals surface area contributed by atoms with E-state index in [1.807, 2.05) is 19.1 Å². The van der Waals surface area contributed by atoms with Gasteiger partial charge < -0.3 is 16.2 Å². The number of aromatic nitrogens is 1. The summed E-state index contributed by atoms with van der Waals surface area (Å²) < 4.78 is 0.980. The third-order valence-corrected chi connectivity index (χ3v) is 3.00. The van der Waals surface area contributed by atoms with Crippen molar-refractivity contribution in [2.24, 2.45) is 5.73 Å². The molecule has 0 aromatic carbocycles. The van der Waals surface area contributed by atoms with Gasteiger partial charge >= 0.3 is 0 Å². The fraction of sp³-hybridized carbons (Fsp3) is 0.500. The second-order valence-electron chi connectivity index (χ2n) is 3.55. The number of aliphatic hydroxyl groups is 1. The first-order valence-electron chi connectivity index (χ1n) is 4.81. The molecule has 0 aliphatic carbocycles. The van der Waals surface area contributed by atoms with Crippen molar-refractivity contribution in [1.82, 2.24) is 4.98 Å². The molecule has 4 nitrogen and oxygen atoms in total. The quantitative estimate of drug-likeness (QED) is 0.773. The molecule has 0 fully saturated rings. The van der Waals surface area contributed by atoms with Crippen LogP contribution in [-0.4, -0.2) is 28.8 Å². The van der Waals surface area contributed by atoms with E-state index >= 15 is 0 Å². The summed E-state index contributed by atoms with van der Waals surface area (Å²) in [7, 11) is 0. The van der Waals surface area contributed by atoms with Crippen LogP contribution in [0.2, 0.25) is 0 Å². The third kappa shape index (κ3) is 3.77. The molecule has 0 radical (unpaired) electrons. The van der Waals surface area contributed by atoms with Gasteiger partial charge in [0.15, 0.2) is 0 Å². The zero-order valence-electron chi connectivity index (χ0n) is 8.87. The molecule has 0 spiro atoms. The lowest BCUT2D eigenvalue weighted by Crippen LogP contribution is -2.38. The molecule has 15 heavy (non-hydrogen) atoms. The first kappa shape index (κ1) is 12.4. The van der Waals surface area contributed by atoms with Gasteiger partial charge in [0.2, 0.25) is 0 Å². The zero-order chi connectivity index (χ0) is 11.4. The Morgan fingerprint density at radius 3 is 2.80 bits per heavy atom. The molecule has 1 aromatic heterocycles. The molecule has 1 aromatic rings. The largest absolute Gasteiger partial charge is 0.392 e. The minimum absolute atomic E-state index is 0.282. The van der Waals surface area contributed by atoms with Crippen molar-refractivity contribution in [3.05, 3.63) is 22.3 Å². The van der Waals surface area contributed by atoms with E-state index in [4.69, 9.17) is 5.73 Å². The Morgan fingerprint density at radius 2 is 2.27 bits per heavy atom. The van der Waals surface area contributed by atoms with Crippen molar-refractivity contribution in [1.29, 1.82) is 0 Å². The average molecular weight is 274 g/mol. The number of anilines is 1. The second-order valence-corrected chi connectivity index (χ2v) is 4.40. The van der Waals surface area contributed by atoms with Crippen LogP contribution in [0.1, 0.15) is 12.6 Å². The molecule has 1 heterocycles. The smallest absolute Gasteiger partial charge is 0.126 e. The van der Waals surface area contributed by atoms with Crippen molar-refractivity contribution in [2.75, 3.05) is 11.9 Å². The van der Waals surface area contributed by atoms with Crippen LogP contribution >= 0.6 is 15.9 Å². The number of hydrogen-bond acceptors (Lipinski definition) is 4. The Bertz CT molecular complexity index is 330. The molecule has 1 rings (SSSR count). The molecule has 2 atom stereocenters. The van der Waals surface area contributed by atoms with Crippen molar-refractivity contribution in [2.45, 2.75) is 26.0 Å². The number of halogens is 1. The number of nitrogens with two attached hydrogens (primary N) is 1. The lowest BCUT2D eigenvalue weighted by Gasteiger charge is -2.15. The minimum atomic E-state index is -0.519. The fourth-order valence-corrected chi connectivity index (χ4v) is 1.26. The van der Waals surface area contributed by atoms with Crippen LogP contribution < -0.4 is 11.1 Å². The Morgan fingerprint density at radius 1 is 1.60 bits per heavy atom. The van der Waals surface area contributed by atoms with E-state index < -0.39 is 6.10 Å². The number of pyridine rings is 1. The number of nitrogens with one attached hydrogen (secondary N) is 1. The van der Waals surface area contributed by atoms with E-state index in [0.717, 1.165) is 16.0 Å². The second kappa shape index (κ2) is 5.44. The van der Waals surface area contributed by atoms with E-state index in [2.05, 4.69) is 26.2 Å². The van der Waals surface area contributed by atoms with Crippen molar-refractivity contribution < 1.29 is 5.11 Å². The van der Waals surface area contributed by atoms with E-state index in [-0.39, 0.29) is 6.04 Å². The van der Waals surface area contributed by atoms with Gasteiger partial charge in [-0.25, -0.2) is 4.98 Å². The predicted molar refractivity (Wildman–Crippen MR) is 64.8 cm³/mol. The molecule has 0 aliphatic rings. The summed E-state index contributed by atoms with van der Waals surface area (Å²) in [5.41, 5.74) is 6.60. The minimum Gasteiger partial charge on any atom is -0.392 e. The molecule has 0 saturated carbocycles. The Balaban J connectivity index is 2.55. The van der Waals surface area contributed by atoms with Gasteiger partial charge in [0, 0.05) is 17.1 Å². The predicted octanol–water partition coefficient (Wildman–Crippen LogP) is 1.27. The number of rotatable bonds is 4. The van der Waals surface area contributed by atoms with Gasteiger partial charge in [0.1, 0.15) is 5.82 Å². The van der Waals surface area contributed by atoms with Gasteiger partial charge in [-0.1, -0.05) is 0 Å². The van der Waals surface area contributed by atoms with Crippen LogP contribution in [0.5, 0.6) is 0 Å². The first-order valence-corrected chi connectivity index (χ1v) is 5.60. The lowest BCUT2D eigenvalue weighted by molar-refractivity contribution is 0.168. The molecule has 0 bridgehead atoms. The third-order valence-electron chi connectivity index (χ3n) is 2.16. The molecule has 4 N–H and O–H groups in total. The van der Waals surface area contributed by atoms with E-state index in [9.17, 15) is 5.11 Å². The van der Waals surface area contributed by atoms with Crippen LogP contribution in [0.25, 0.3) is 0 Å². The van der Waals surface area contributed by atoms with Gasteiger partial charge in [0.25, 0.3) is 0 Å². The Kier molecular flexibility index (Phi) is 4.50. The number of hydrogen-bond donors (Lipinski definition) is 3. The lowest BCUT2D eigenvalue weighted by atomic mass is 10.2. The van der Waals surface area contributed by atoms with Gasteiger partial charge in [-0.05, 0) is 41.9 Å². The van der Waals surface area contributed by atoms with Gasteiger partial charge in [0.05, 0.1) is 11.8 Å². The molecule has 5 heteroatoms. The summed E-state index contributed by atoms with van der Waals surface area (Å²) in [6.45, 7) is 4.10. The van der Waals surface area contributed by atoms with Crippen molar-refractivity contribution in [3.8, 4) is 0 Å². The van der Waals surface area contributed by atoms with Gasteiger partial charge in [-0.2, -0.15) is 0 Å². The van der Waals surface area contributed by atoms with Crippen LogP contribution in [0.4, 0.5) is 5.82 Å². The first-order chi connectivity index (χ1) is 7.00. The van der Waals surface area contributed by atoms with E-state index in [1.54, 1.807) is 6.92 Å².